The zero-order valence-corrected chi connectivity index (χ0v) is 7.57. The van der Waals surface area contributed by atoms with Crippen LogP contribution in [0.4, 0.5) is 5.82 Å². The molecule has 0 fully saturated rings. The van der Waals surface area contributed by atoms with Gasteiger partial charge in [0, 0.05) is 12.3 Å². The molecule has 3 N–H and O–H groups in total. The zero-order valence-electron chi connectivity index (χ0n) is 7.57. The molecule has 5 nitrogen and oxygen atoms in total. The molecule has 0 radical (unpaired) electrons. The van der Waals surface area contributed by atoms with Crippen LogP contribution in [0.25, 0.3) is 5.69 Å². The van der Waals surface area contributed by atoms with Crippen molar-refractivity contribution in [1.82, 2.24) is 20.0 Å². The van der Waals surface area contributed by atoms with Crippen LogP contribution in [-0.2, 0) is 0 Å². The van der Waals surface area contributed by atoms with Crippen molar-refractivity contribution in [2.75, 3.05) is 5.73 Å². The summed E-state index contributed by atoms with van der Waals surface area (Å²) in [4.78, 5) is 0. The van der Waals surface area contributed by atoms with Gasteiger partial charge in [0.05, 0.1) is 11.4 Å². The van der Waals surface area contributed by atoms with E-state index < -0.39 is 0 Å². The maximum atomic E-state index is 5.52. The summed E-state index contributed by atoms with van der Waals surface area (Å²) >= 11 is 0. The Balaban J connectivity index is 2.57. The molecule has 0 aliphatic rings. The summed E-state index contributed by atoms with van der Waals surface area (Å²) in [6.45, 7) is 3.88. The predicted octanol–water partition coefficient (Wildman–Crippen LogP) is 0.794. The highest BCUT2D eigenvalue weighted by molar-refractivity contribution is 5.41. The molecule has 2 rings (SSSR count). The van der Waals surface area contributed by atoms with E-state index in [1.807, 2.05) is 20.0 Å². The minimum atomic E-state index is 0.514. The fourth-order valence-electron chi connectivity index (χ4n) is 1.35. The van der Waals surface area contributed by atoms with Crippen LogP contribution in [0.15, 0.2) is 12.3 Å². The van der Waals surface area contributed by atoms with Crippen LogP contribution in [0.2, 0.25) is 0 Å². The van der Waals surface area contributed by atoms with Gasteiger partial charge in [-0.1, -0.05) is 0 Å². The van der Waals surface area contributed by atoms with Crippen LogP contribution < -0.4 is 5.73 Å². The van der Waals surface area contributed by atoms with Crippen molar-refractivity contribution in [2.24, 2.45) is 0 Å². The van der Waals surface area contributed by atoms with Gasteiger partial charge in [0.2, 0.25) is 0 Å². The van der Waals surface area contributed by atoms with Crippen LogP contribution in [0, 0.1) is 13.8 Å². The molecule has 0 atom stereocenters. The number of aryl methyl sites for hydroxylation is 2. The lowest BCUT2D eigenvalue weighted by molar-refractivity contribution is 0.871. The Kier molecular flexibility index (Phi) is 1.58. The third-order valence-electron chi connectivity index (χ3n) is 1.93. The number of H-pyrrole nitrogens is 1. The van der Waals surface area contributed by atoms with Crippen LogP contribution in [0.1, 0.15) is 11.4 Å². The number of aromatic amines is 1. The summed E-state index contributed by atoms with van der Waals surface area (Å²) in [5, 5.41) is 11.1. The number of nitrogens with two attached hydrogens (primary N) is 1. The standard InChI is InChI=1S/C8H11N5/c1-5-8(6(2)11-10-5)13-4-3-7(9)12-13/h3-4H,1-2H3,(H2,9,12)(H,10,11). The van der Waals surface area contributed by atoms with E-state index in [1.165, 1.54) is 0 Å². The molecule has 68 valence electrons. The van der Waals surface area contributed by atoms with Crippen molar-refractivity contribution in [3.8, 4) is 5.69 Å². The summed E-state index contributed by atoms with van der Waals surface area (Å²) in [5.41, 5.74) is 8.40. The second kappa shape index (κ2) is 2.62. The summed E-state index contributed by atoms with van der Waals surface area (Å²) in [5.74, 6) is 0.514. The SMILES string of the molecule is Cc1n[nH]c(C)c1-n1ccc(N)n1. The van der Waals surface area contributed by atoms with Crippen molar-refractivity contribution < 1.29 is 0 Å². The molecule has 2 aromatic rings. The first-order valence-corrected chi connectivity index (χ1v) is 4.01. The highest BCUT2D eigenvalue weighted by Crippen LogP contribution is 2.15. The Morgan fingerprint density at radius 1 is 1.46 bits per heavy atom. The largest absolute Gasteiger partial charge is 0.382 e. The average Bonchev–Trinajstić information content (AvgIpc) is 2.60. The molecule has 0 aliphatic heterocycles. The molecule has 0 spiro atoms. The zero-order chi connectivity index (χ0) is 9.42. The second-order valence-electron chi connectivity index (χ2n) is 2.97. The highest BCUT2D eigenvalue weighted by atomic mass is 15.3. The van der Waals surface area contributed by atoms with E-state index in [4.69, 9.17) is 5.73 Å². The molecule has 0 saturated carbocycles. The number of hydrogen-bond acceptors (Lipinski definition) is 3. The van der Waals surface area contributed by atoms with Crippen molar-refractivity contribution in [2.45, 2.75) is 13.8 Å². The van der Waals surface area contributed by atoms with Crippen LogP contribution >= 0.6 is 0 Å². The van der Waals surface area contributed by atoms with E-state index in [9.17, 15) is 0 Å². The maximum Gasteiger partial charge on any atom is 0.145 e. The first-order valence-electron chi connectivity index (χ1n) is 4.01. The number of rotatable bonds is 1. The van der Waals surface area contributed by atoms with Gasteiger partial charge >= 0.3 is 0 Å². The summed E-state index contributed by atoms with van der Waals surface area (Å²) < 4.78 is 1.73. The van der Waals surface area contributed by atoms with Crippen molar-refractivity contribution in [1.29, 1.82) is 0 Å². The maximum absolute atomic E-state index is 5.52. The molecule has 0 unspecified atom stereocenters. The number of nitrogen functional groups attached to an aromatic ring is 1. The van der Waals surface area contributed by atoms with Crippen LogP contribution in [-0.4, -0.2) is 20.0 Å². The van der Waals surface area contributed by atoms with Crippen LogP contribution in [0.3, 0.4) is 0 Å². The molecule has 0 saturated heterocycles. The predicted molar refractivity (Wildman–Crippen MR) is 49.6 cm³/mol. The first kappa shape index (κ1) is 7.85. The Morgan fingerprint density at radius 2 is 2.23 bits per heavy atom. The van der Waals surface area contributed by atoms with Gasteiger partial charge in [-0.3, -0.25) is 5.10 Å². The normalized spacial score (nSPS) is 10.6. The Morgan fingerprint density at radius 3 is 2.69 bits per heavy atom. The summed E-state index contributed by atoms with van der Waals surface area (Å²) in [6, 6.07) is 1.76. The molecular weight excluding hydrogens is 166 g/mol. The molecule has 0 aromatic carbocycles. The number of aromatic nitrogens is 4. The first-order chi connectivity index (χ1) is 6.18. The lowest BCUT2D eigenvalue weighted by atomic mass is 10.3. The molecule has 0 amide bonds. The third-order valence-corrected chi connectivity index (χ3v) is 1.93. The average molecular weight is 177 g/mol. The Hall–Kier alpha value is -1.78. The molecule has 0 aliphatic carbocycles. The smallest absolute Gasteiger partial charge is 0.145 e. The molecule has 13 heavy (non-hydrogen) atoms. The van der Waals surface area contributed by atoms with E-state index in [2.05, 4.69) is 15.3 Å². The van der Waals surface area contributed by atoms with Gasteiger partial charge in [0.1, 0.15) is 11.5 Å². The lowest BCUT2D eigenvalue weighted by Gasteiger charge is -1.99. The van der Waals surface area contributed by atoms with E-state index >= 15 is 0 Å². The number of anilines is 1. The Bertz CT molecular complexity index is 406. The minimum absolute atomic E-state index is 0.514. The minimum Gasteiger partial charge on any atom is -0.382 e. The van der Waals surface area contributed by atoms with E-state index in [0.29, 0.717) is 5.82 Å². The number of nitrogens with zero attached hydrogens (tertiary/aromatic N) is 3. The lowest BCUT2D eigenvalue weighted by Crippen LogP contribution is -1.98. The summed E-state index contributed by atoms with van der Waals surface area (Å²) in [6.07, 6.45) is 1.82. The molecular formula is C8H11N5. The van der Waals surface area contributed by atoms with Gasteiger partial charge in [-0.25, -0.2) is 4.68 Å². The monoisotopic (exact) mass is 177 g/mol. The highest BCUT2D eigenvalue weighted by Gasteiger charge is 2.08. The Labute approximate surface area is 75.6 Å². The quantitative estimate of drug-likeness (QED) is 0.676. The van der Waals surface area contributed by atoms with Gasteiger partial charge < -0.3 is 5.73 Å². The fraction of sp³-hybridized carbons (Fsp3) is 0.250. The topological polar surface area (TPSA) is 72.5 Å². The molecule has 2 aromatic heterocycles. The van der Waals surface area contributed by atoms with Crippen molar-refractivity contribution in [3.63, 3.8) is 0 Å². The van der Waals surface area contributed by atoms with Gasteiger partial charge in [-0.2, -0.15) is 10.2 Å². The number of hydrogen-bond donors (Lipinski definition) is 2. The fourth-order valence-corrected chi connectivity index (χ4v) is 1.35. The summed E-state index contributed by atoms with van der Waals surface area (Å²) in [7, 11) is 0. The van der Waals surface area contributed by atoms with Crippen LogP contribution in [0.5, 0.6) is 0 Å². The third kappa shape index (κ3) is 1.18. The van der Waals surface area contributed by atoms with E-state index in [-0.39, 0.29) is 0 Å². The van der Waals surface area contributed by atoms with Gasteiger partial charge in [0.25, 0.3) is 0 Å². The molecule has 2 heterocycles. The van der Waals surface area contributed by atoms with Gasteiger partial charge in [-0.05, 0) is 13.8 Å². The van der Waals surface area contributed by atoms with Crippen molar-refractivity contribution >= 4 is 5.82 Å². The number of nitrogens with one attached hydrogen (secondary N) is 1. The molecule has 0 bridgehead atoms. The van der Waals surface area contributed by atoms with E-state index in [1.54, 1.807) is 10.7 Å². The second-order valence-corrected chi connectivity index (χ2v) is 2.97. The van der Waals surface area contributed by atoms with E-state index in [0.717, 1.165) is 17.1 Å². The van der Waals surface area contributed by atoms with Crippen molar-refractivity contribution in [3.05, 3.63) is 23.7 Å². The van der Waals surface area contributed by atoms with Gasteiger partial charge in [0.15, 0.2) is 0 Å². The van der Waals surface area contributed by atoms with Gasteiger partial charge in [-0.15, -0.1) is 0 Å². The molecule has 5 heteroatoms.